The zero-order valence-electron chi connectivity index (χ0n) is 11.6. The van der Waals surface area contributed by atoms with Crippen molar-refractivity contribution in [2.45, 2.75) is 6.92 Å². The Labute approximate surface area is 127 Å². The first-order chi connectivity index (χ1) is 10.0. The second-order valence-corrected chi connectivity index (χ2v) is 4.92. The topological polar surface area (TPSA) is 97.8 Å². The van der Waals surface area contributed by atoms with Gasteiger partial charge in [-0.25, -0.2) is 4.98 Å². The van der Waals surface area contributed by atoms with E-state index in [1.54, 1.807) is 6.08 Å². The van der Waals surface area contributed by atoms with E-state index in [-0.39, 0.29) is 18.3 Å². The van der Waals surface area contributed by atoms with Crippen molar-refractivity contribution in [2.24, 2.45) is 5.73 Å². The van der Waals surface area contributed by atoms with Gasteiger partial charge in [-0.3, -0.25) is 4.79 Å². The lowest BCUT2D eigenvalue weighted by Gasteiger charge is -2.10. The van der Waals surface area contributed by atoms with Gasteiger partial charge < -0.3 is 16.5 Å². The van der Waals surface area contributed by atoms with Gasteiger partial charge in [-0.05, 0) is 24.6 Å². The first kappa shape index (κ1) is 15.1. The zero-order valence-corrected chi connectivity index (χ0v) is 12.4. The number of nitrogens with one attached hydrogen (secondary N) is 1. The number of H-pyrrole nitrogens is 1. The van der Waals surface area contributed by atoms with E-state index in [9.17, 15) is 4.79 Å². The van der Waals surface area contributed by atoms with E-state index in [0.717, 1.165) is 16.8 Å². The van der Waals surface area contributed by atoms with E-state index >= 15 is 0 Å². The Hall–Kier alpha value is -2.31. The highest BCUT2D eigenvalue weighted by Crippen LogP contribution is 2.26. The number of aryl methyl sites for hydroxylation is 1. The van der Waals surface area contributed by atoms with Crippen LogP contribution in [-0.4, -0.2) is 22.3 Å². The average Bonchev–Trinajstić information content (AvgIpc) is 2.45. The molecule has 0 amide bonds. The molecule has 0 aliphatic rings. The largest absolute Gasteiger partial charge is 0.369 e. The summed E-state index contributed by atoms with van der Waals surface area (Å²) in [5.74, 6) is 0.0533. The third-order valence-electron chi connectivity index (χ3n) is 3.03. The third kappa shape index (κ3) is 3.42. The van der Waals surface area contributed by atoms with Crippen LogP contribution < -0.4 is 11.5 Å². The number of carbonyl (C=O) groups is 1. The lowest BCUT2D eigenvalue weighted by molar-refractivity contribution is -0.113. The minimum Gasteiger partial charge on any atom is -0.369 e. The molecule has 2 aromatic rings. The number of hydrogen-bond acceptors (Lipinski definition) is 5. The van der Waals surface area contributed by atoms with Crippen LogP contribution in [0.5, 0.6) is 0 Å². The molecule has 0 fully saturated rings. The number of carbonyl (C=O) groups excluding carboxylic acids is 1. The van der Waals surface area contributed by atoms with Crippen LogP contribution in [0.2, 0.25) is 0 Å². The predicted octanol–water partition coefficient (Wildman–Crippen LogP) is 2.24. The van der Waals surface area contributed by atoms with Crippen molar-refractivity contribution in [2.75, 3.05) is 12.3 Å². The van der Waals surface area contributed by atoms with Crippen molar-refractivity contribution in [1.29, 1.82) is 0 Å². The van der Waals surface area contributed by atoms with Crippen LogP contribution >= 0.6 is 12.2 Å². The summed E-state index contributed by atoms with van der Waals surface area (Å²) in [7, 11) is 0. The molecule has 2 rings (SSSR count). The normalized spacial score (nSPS) is 11.0. The smallest absolute Gasteiger partial charge is 0.199 e. The molecule has 0 aliphatic carbocycles. The number of nitrogens with two attached hydrogens (primary N) is 2. The molecule has 6 heteroatoms. The van der Waals surface area contributed by atoms with Crippen LogP contribution in [0.3, 0.4) is 0 Å². The number of benzene rings is 1. The van der Waals surface area contributed by atoms with Gasteiger partial charge in [-0.15, -0.1) is 0 Å². The van der Waals surface area contributed by atoms with E-state index < -0.39 is 0 Å². The Kier molecular flexibility index (Phi) is 4.62. The van der Waals surface area contributed by atoms with Crippen molar-refractivity contribution in [3.63, 3.8) is 0 Å². The molecule has 5 nitrogen and oxygen atoms in total. The minimum atomic E-state index is -0.183. The Morgan fingerprint density at radius 2 is 2.14 bits per heavy atom. The third-order valence-corrected chi connectivity index (χ3v) is 3.34. The fourth-order valence-corrected chi connectivity index (χ4v) is 2.23. The van der Waals surface area contributed by atoms with Crippen LogP contribution in [-0.2, 0) is 4.79 Å². The number of aromatic nitrogens is 2. The number of nitrogen functional groups attached to an aromatic ring is 1. The Morgan fingerprint density at radius 3 is 2.81 bits per heavy atom. The fourth-order valence-electron chi connectivity index (χ4n) is 1.96. The maximum Gasteiger partial charge on any atom is 0.199 e. The molecule has 1 heterocycles. The van der Waals surface area contributed by atoms with Gasteiger partial charge in [-0.1, -0.05) is 36.5 Å². The van der Waals surface area contributed by atoms with Crippen LogP contribution in [0.1, 0.15) is 11.1 Å². The number of aromatic amines is 1. The minimum absolute atomic E-state index is 0.0466. The molecule has 21 heavy (non-hydrogen) atoms. The molecule has 5 N–H and O–H groups in total. The highest BCUT2D eigenvalue weighted by molar-refractivity contribution is 7.71. The molecule has 0 bridgehead atoms. The molecule has 0 unspecified atom stereocenters. The van der Waals surface area contributed by atoms with Gasteiger partial charge in [0.2, 0.25) is 0 Å². The summed E-state index contributed by atoms with van der Waals surface area (Å²) in [4.78, 5) is 18.4. The quantitative estimate of drug-likeness (QED) is 0.594. The summed E-state index contributed by atoms with van der Waals surface area (Å²) in [5, 5.41) is 0. The highest BCUT2D eigenvalue weighted by atomic mass is 32.1. The number of ketones is 1. The molecule has 1 aromatic carbocycles. The summed E-state index contributed by atoms with van der Waals surface area (Å²) in [5.41, 5.74) is 14.5. The Bertz CT molecular complexity index is 765. The number of anilines is 1. The number of hydrogen-bond donors (Lipinski definition) is 3. The maximum atomic E-state index is 11.4. The lowest BCUT2D eigenvalue weighted by Crippen LogP contribution is -2.10. The number of nitrogens with zero attached hydrogens (tertiary/aromatic N) is 1. The molecule has 0 saturated heterocycles. The van der Waals surface area contributed by atoms with E-state index in [2.05, 4.69) is 9.97 Å². The van der Waals surface area contributed by atoms with Gasteiger partial charge in [0, 0.05) is 11.1 Å². The van der Waals surface area contributed by atoms with Gasteiger partial charge >= 0.3 is 0 Å². The average molecular weight is 300 g/mol. The molecular formula is C15H16N4OS. The van der Waals surface area contributed by atoms with Crippen molar-refractivity contribution < 1.29 is 4.79 Å². The van der Waals surface area contributed by atoms with Gasteiger partial charge in [0.15, 0.2) is 11.7 Å². The van der Waals surface area contributed by atoms with Gasteiger partial charge in [-0.2, -0.15) is 0 Å². The molecule has 0 saturated carbocycles. The second kappa shape index (κ2) is 6.43. The highest BCUT2D eigenvalue weighted by Gasteiger charge is 2.10. The Balaban J connectivity index is 2.65. The summed E-state index contributed by atoms with van der Waals surface area (Å²) >= 11 is 5.25. The Morgan fingerprint density at radius 1 is 1.43 bits per heavy atom. The molecule has 1 aromatic heterocycles. The zero-order chi connectivity index (χ0) is 15.4. The lowest BCUT2D eigenvalue weighted by atomic mass is 10.0. The summed E-state index contributed by atoms with van der Waals surface area (Å²) in [6.07, 6.45) is 3.03. The monoisotopic (exact) mass is 300 g/mol. The SMILES string of the molecule is Cc1ccccc1-c1[nH]c(N)nc(=S)c1/C=C/C(=O)CN. The van der Waals surface area contributed by atoms with Crippen LogP contribution in [0.4, 0.5) is 5.95 Å². The maximum absolute atomic E-state index is 11.4. The summed E-state index contributed by atoms with van der Waals surface area (Å²) < 4.78 is 0.338. The molecule has 108 valence electrons. The number of rotatable bonds is 4. The van der Waals surface area contributed by atoms with Crippen molar-refractivity contribution in [1.82, 2.24) is 9.97 Å². The second-order valence-electron chi connectivity index (χ2n) is 4.53. The molecular weight excluding hydrogens is 284 g/mol. The van der Waals surface area contributed by atoms with Crippen molar-refractivity contribution >= 4 is 30.0 Å². The van der Waals surface area contributed by atoms with E-state index in [0.29, 0.717) is 10.2 Å². The van der Waals surface area contributed by atoms with Crippen LogP contribution in [0.15, 0.2) is 30.3 Å². The molecule has 0 atom stereocenters. The fraction of sp³-hybridized carbons (Fsp3) is 0.133. The van der Waals surface area contributed by atoms with Crippen LogP contribution in [0.25, 0.3) is 17.3 Å². The van der Waals surface area contributed by atoms with Gasteiger partial charge in [0.1, 0.15) is 4.64 Å². The first-order valence-electron chi connectivity index (χ1n) is 6.39. The van der Waals surface area contributed by atoms with E-state index in [1.165, 1.54) is 6.08 Å². The molecule has 0 radical (unpaired) electrons. The van der Waals surface area contributed by atoms with E-state index in [4.69, 9.17) is 23.7 Å². The van der Waals surface area contributed by atoms with Crippen molar-refractivity contribution in [3.05, 3.63) is 46.1 Å². The van der Waals surface area contributed by atoms with Gasteiger partial charge in [0.05, 0.1) is 12.2 Å². The van der Waals surface area contributed by atoms with Crippen molar-refractivity contribution in [3.8, 4) is 11.3 Å². The first-order valence-corrected chi connectivity index (χ1v) is 6.80. The standard InChI is InChI=1S/C15H16N4OS/c1-9-4-2-3-5-11(9)13-12(7-6-10(20)8-16)14(21)19-15(17)18-13/h2-7H,8,16H2,1H3,(H3,17,18,19,21)/b7-6+. The van der Waals surface area contributed by atoms with Gasteiger partial charge in [0.25, 0.3) is 0 Å². The predicted molar refractivity (Wildman–Crippen MR) is 87.1 cm³/mol. The molecule has 0 aliphatic heterocycles. The summed E-state index contributed by atoms with van der Waals surface area (Å²) in [6.45, 7) is 1.94. The van der Waals surface area contributed by atoms with Crippen LogP contribution in [0, 0.1) is 11.6 Å². The molecule has 0 spiro atoms. The van der Waals surface area contributed by atoms with E-state index in [1.807, 2.05) is 31.2 Å². The summed E-state index contributed by atoms with van der Waals surface area (Å²) in [6, 6.07) is 7.82.